The van der Waals surface area contributed by atoms with Crippen molar-refractivity contribution in [2.75, 3.05) is 37.7 Å². The maximum absolute atomic E-state index is 12.3. The average molecular weight is 292 g/mol. The van der Waals surface area contributed by atoms with Crippen molar-refractivity contribution in [1.82, 2.24) is 10.2 Å². The standard InChI is InChI=1S/C12H24N2O4S/c1-3-13-8-10(2)12(16)14(5-6-15)11-4-7-19(17,18)9-11/h10-11,13,15H,3-9H2,1-2H3. The smallest absolute Gasteiger partial charge is 0.227 e. The molecular formula is C12H24N2O4S. The number of aliphatic hydroxyl groups is 1. The van der Waals surface area contributed by atoms with Crippen LogP contribution in [-0.2, 0) is 14.6 Å². The molecule has 6 nitrogen and oxygen atoms in total. The first-order chi connectivity index (χ1) is 8.91. The molecule has 2 unspecified atom stereocenters. The number of nitrogens with one attached hydrogen (secondary N) is 1. The van der Waals surface area contributed by atoms with E-state index in [1.54, 1.807) is 0 Å². The molecule has 0 bridgehead atoms. The second-order valence-corrected chi connectivity index (χ2v) is 7.25. The Bertz CT molecular complexity index is 397. The van der Waals surface area contributed by atoms with Crippen molar-refractivity contribution in [1.29, 1.82) is 0 Å². The maximum atomic E-state index is 12.3. The van der Waals surface area contributed by atoms with Gasteiger partial charge in [0, 0.05) is 25.0 Å². The van der Waals surface area contributed by atoms with Crippen LogP contribution in [0.4, 0.5) is 0 Å². The Morgan fingerprint density at radius 3 is 2.68 bits per heavy atom. The predicted octanol–water partition coefficient (Wildman–Crippen LogP) is -0.760. The molecule has 1 amide bonds. The molecule has 7 heteroatoms. The second-order valence-electron chi connectivity index (χ2n) is 5.02. The van der Waals surface area contributed by atoms with Crippen LogP contribution in [0.1, 0.15) is 20.3 Å². The fourth-order valence-corrected chi connectivity index (χ4v) is 4.06. The molecule has 1 fully saturated rings. The van der Waals surface area contributed by atoms with Gasteiger partial charge in [-0.15, -0.1) is 0 Å². The Kier molecular flexibility index (Phi) is 6.22. The van der Waals surface area contributed by atoms with Crippen molar-refractivity contribution in [3.05, 3.63) is 0 Å². The van der Waals surface area contributed by atoms with E-state index in [9.17, 15) is 13.2 Å². The minimum atomic E-state index is -3.03. The third kappa shape index (κ3) is 4.74. The summed E-state index contributed by atoms with van der Waals surface area (Å²) in [7, 11) is -3.03. The van der Waals surface area contributed by atoms with E-state index in [4.69, 9.17) is 5.11 Å². The monoisotopic (exact) mass is 292 g/mol. The third-order valence-corrected chi connectivity index (χ3v) is 5.15. The fraction of sp³-hybridized carbons (Fsp3) is 0.917. The van der Waals surface area contributed by atoms with Crippen LogP contribution in [0.5, 0.6) is 0 Å². The van der Waals surface area contributed by atoms with Gasteiger partial charge in [-0.1, -0.05) is 13.8 Å². The topological polar surface area (TPSA) is 86.7 Å². The lowest BCUT2D eigenvalue weighted by atomic mass is 10.1. The number of carbonyl (C=O) groups is 1. The number of amides is 1. The van der Waals surface area contributed by atoms with Gasteiger partial charge in [-0.05, 0) is 13.0 Å². The lowest BCUT2D eigenvalue weighted by molar-refractivity contribution is -0.137. The molecule has 1 heterocycles. The first kappa shape index (κ1) is 16.4. The molecule has 0 aromatic heterocycles. The molecular weight excluding hydrogens is 268 g/mol. The van der Waals surface area contributed by atoms with Crippen molar-refractivity contribution >= 4 is 15.7 Å². The quantitative estimate of drug-likeness (QED) is 0.644. The largest absolute Gasteiger partial charge is 0.395 e. The summed E-state index contributed by atoms with van der Waals surface area (Å²) in [5, 5.41) is 12.2. The molecule has 1 aliphatic heterocycles. The highest BCUT2D eigenvalue weighted by Gasteiger charge is 2.35. The Morgan fingerprint density at radius 2 is 2.21 bits per heavy atom. The molecule has 0 aromatic carbocycles. The summed E-state index contributed by atoms with van der Waals surface area (Å²) in [4.78, 5) is 13.9. The van der Waals surface area contributed by atoms with Gasteiger partial charge in [0.15, 0.2) is 9.84 Å². The summed E-state index contributed by atoms with van der Waals surface area (Å²) in [5.41, 5.74) is 0. The van der Waals surface area contributed by atoms with Gasteiger partial charge in [0.2, 0.25) is 5.91 Å². The molecule has 2 N–H and O–H groups in total. The Labute approximate surface area is 115 Å². The SMILES string of the molecule is CCNCC(C)C(=O)N(CCO)C1CCS(=O)(=O)C1. The van der Waals surface area contributed by atoms with Gasteiger partial charge < -0.3 is 15.3 Å². The zero-order valence-corrected chi connectivity index (χ0v) is 12.4. The van der Waals surface area contributed by atoms with Crippen LogP contribution < -0.4 is 5.32 Å². The number of carbonyl (C=O) groups excluding carboxylic acids is 1. The predicted molar refractivity (Wildman–Crippen MR) is 73.6 cm³/mol. The number of rotatable bonds is 7. The van der Waals surface area contributed by atoms with Gasteiger partial charge in [0.1, 0.15) is 0 Å². The summed E-state index contributed by atoms with van der Waals surface area (Å²) in [6, 6.07) is -0.284. The molecule has 2 atom stereocenters. The Hall–Kier alpha value is -0.660. The van der Waals surface area contributed by atoms with E-state index in [1.165, 1.54) is 4.90 Å². The van der Waals surface area contributed by atoms with E-state index < -0.39 is 9.84 Å². The van der Waals surface area contributed by atoms with Crippen LogP contribution in [0.25, 0.3) is 0 Å². The molecule has 19 heavy (non-hydrogen) atoms. The summed E-state index contributed by atoms with van der Waals surface area (Å²) >= 11 is 0. The van der Waals surface area contributed by atoms with Gasteiger partial charge >= 0.3 is 0 Å². The molecule has 1 saturated heterocycles. The highest BCUT2D eigenvalue weighted by molar-refractivity contribution is 7.91. The number of nitrogens with zero attached hydrogens (tertiary/aromatic N) is 1. The first-order valence-electron chi connectivity index (χ1n) is 6.73. The first-order valence-corrected chi connectivity index (χ1v) is 8.56. The summed E-state index contributed by atoms with van der Waals surface area (Å²) in [5.74, 6) is -0.145. The number of aliphatic hydroxyl groups excluding tert-OH is 1. The van der Waals surface area contributed by atoms with E-state index in [0.717, 1.165) is 6.54 Å². The van der Waals surface area contributed by atoms with Crippen LogP contribution in [0.2, 0.25) is 0 Å². The zero-order valence-electron chi connectivity index (χ0n) is 11.6. The van der Waals surface area contributed by atoms with Crippen molar-refractivity contribution in [3.63, 3.8) is 0 Å². The van der Waals surface area contributed by atoms with Crippen LogP contribution in [0, 0.1) is 5.92 Å². The molecule has 0 spiro atoms. The maximum Gasteiger partial charge on any atom is 0.227 e. The third-order valence-electron chi connectivity index (χ3n) is 3.40. The lowest BCUT2D eigenvalue weighted by Gasteiger charge is -2.30. The highest BCUT2D eigenvalue weighted by Crippen LogP contribution is 2.19. The van der Waals surface area contributed by atoms with Gasteiger partial charge in [0.25, 0.3) is 0 Å². The van der Waals surface area contributed by atoms with E-state index >= 15 is 0 Å². The average Bonchev–Trinajstić information content (AvgIpc) is 2.72. The molecule has 0 aliphatic carbocycles. The van der Waals surface area contributed by atoms with Gasteiger partial charge in [-0.2, -0.15) is 0 Å². The van der Waals surface area contributed by atoms with E-state index in [1.807, 2.05) is 13.8 Å². The van der Waals surface area contributed by atoms with E-state index in [-0.39, 0.29) is 42.5 Å². The zero-order chi connectivity index (χ0) is 14.5. The van der Waals surface area contributed by atoms with Crippen molar-refractivity contribution in [3.8, 4) is 0 Å². The summed E-state index contributed by atoms with van der Waals surface area (Å²) < 4.78 is 23.0. The number of hydrogen-bond donors (Lipinski definition) is 2. The van der Waals surface area contributed by atoms with Gasteiger partial charge in [-0.3, -0.25) is 4.79 Å². The highest BCUT2D eigenvalue weighted by atomic mass is 32.2. The minimum Gasteiger partial charge on any atom is -0.395 e. The summed E-state index contributed by atoms with van der Waals surface area (Å²) in [6.45, 7) is 5.20. The van der Waals surface area contributed by atoms with Gasteiger partial charge in [-0.25, -0.2) is 8.42 Å². The second kappa shape index (κ2) is 7.21. The Balaban J connectivity index is 2.69. The normalized spacial score (nSPS) is 23.2. The van der Waals surface area contributed by atoms with Crippen LogP contribution in [0.3, 0.4) is 0 Å². The van der Waals surface area contributed by atoms with Crippen LogP contribution >= 0.6 is 0 Å². The van der Waals surface area contributed by atoms with Crippen LogP contribution in [0.15, 0.2) is 0 Å². The lowest BCUT2D eigenvalue weighted by Crippen LogP contribution is -2.47. The van der Waals surface area contributed by atoms with Crippen LogP contribution in [-0.4, -0.2) is 68.1 Å². The molecule has 0 saturated carbocycles. The fourth-order valence-electron chi connectivity index (χ4n) is 2.33. The van der Waals surface area contributed by atoms with Crippen molar-refractivity contribution in [2.45, 2.75) is 26.3 Å². The molecule has 1 rings (SSSR count). The minimum absolute atomic E-state index is 0.0205. The molecule has 1 aliphatic rings. The van der Waals surface area contributed by atoms with Gasteiger partial charge in [0.05, 0.1) is 18.1 Å². The van der Waals surface area contributed by atoms with E-state index in [2.05, 4.69) is 5.32 Å². The summed E-state index contributed by atoms with van der Waals surface area (Å²) in [6.07, 6.45) is 0.474. The van der Waals surface area contributed by atoms with E-state index in [0.29, 0.717) is 13.0 Å². The Morgan fingerprint density at radius 1 is 1.53 bits per heavy atom. The molecule has 0 aromatic rings. The van der Waals surface area contributed by atoms with Crippen molar-refractivity contribution in [2.24, 2.45) is 5.92 Å². The number of hydrogen-bond acceptors (Lipinski definition) is 5. The van der Waals surface area contributed by atoms with Crippen molar-refractivity contribution < 1.29 is 18.3 Å². The molecule has 0 radical (unpaired) electrons. The molecule has 112 valence electrons. The number of sulfone groups is 1.